The summed E-state index contributed by atoms with van der Waals surface area (Å²) in [4.78, 5) is 15.0. The Morgan fingerprint density at radius 1 is 1.03 bits per heavy atom. The molecule has 2 aliphatic carbocycles. The predicted octanol–water partition coefficient (Wildman–Crippen LogP) is 5.01. The second-order valence-corrected chi connectivity index (χ2v) is 8.75. The summed E-state index contributed by atoms with van der Waals surface area (Å²) >= 11 is 0. The van der Waals surface area contributed by atoms with Crippen molar-refractivity contribution in [3.8, 4) is 0 Å². The van der Waals surface area contributed by atoms with E-state index >= 15 is 0 Å². The van der Waals surface area contributed by atoms with E-state index in [4.69, 9.17) is 0 Å². The van der Waals surface area contributed by atoms with Gasteiger partial charge < -0.3 is 4.90 Å². The zero-order chi connectivity index (χ0) is 20.7. The number of rotatable bonds is 5. The molecule has 0 spiro atoms. The Morgan fingerprint density at radius 3 is 2.37 bits per heavy atom. The fourth-order valence-corrected chi connectivity index (χ4v) is 4.67. The molecule has 3 aromatic rings. The van der Waals surface area contributed by atoms with Crippen LogP contribution in [-0.2, 0) is 11.8 Å². The van der Waals surface area contributed by atoms with Gasteiger partial charge in [-0.15, -0.1) is 0 Å². The summed E-state index contributed by atoms with van der Waals surface area (Å²) < 4.78 is 0. The number of hydrogen-bond donors (Lipinski definition) is 1. The number of ketones is 1. The fourth-order valence-electron chi connectivity index (χ4n) is 4.67. The summed E-state index contributed by atoms with van der Waals surface area (Å²) in [6.45, 7) is 0. The van der Waals surface area contributed by atoms with Crippen LogP contribution < -0.4 is 4.90 Å². The Labute approximate surface area is 177 Å². The van der Waals surface area contributed by atoms with Crippen molar-refractivity contribution in [3.05, 3.63) is 88.8 Å². The third-order valence-electron chi connectivity index (χ3n) is 6.77. The third kappa shape index (κ3) is 2.98. The van der Waals surface area contributed by atoms with Crippen molar-refractivity contribution in [2.45, 2.75) is 31.1 Å². The quantitative estimate of drug-likeness (QED) is 0.616. The van der Waals surface area contributed by atoms with Gasteiger partial charge in [-0.25, -0.2) is 0 Å². The van der Waals surface area contributed by atoms with E-state index in [1.807, 2.05) is 0 Å². The van der Waals surface area contributed by atoms with E-state index in [0.717, 1.165) is 36.9 Å². The lowest BCUT2D eigenvalue weighted by atomic mass is 9.68. The molecule has 1 heterocycles. The normalized spacial score (nSPS) is 20.5. The molecule has 1 saturated carbocycles. The van der Waals surface area contributed by atoms with Crippen LogP contribution in [0.25, 0.3) is 6.08 Å². The van der Waals surface area contributed by atoms with E-state index in [9.17, 15) is 4.79 Å². The first-order valence-corrected chi connectivity index (χ1v) is 10.7. The number of nitrogens with one attached hydrogen (secondary N) is 1. The maximum absolute atomic E-state index is 12.8. The van der Waals surface area contributed by atoms with Gasteiger partial charge in [0.05, 0.1) is 0 Å². The second kappa shape index (κ2) is 7.28. The van der Waals surface area contributed by atoms with Crippen LogP contribution in [0.1, 0.15) is 52.1 Å². The monoisotopic (exact) mass is 397 g/mol. The summed E-state index contributed by atoms with van der Waals surface area (Å²) in [7, 11) is 4.11. The van der Waals surface area contributed by atoms with E-state index in [0.29, 0.717) is 5.69 Å². The molecular formula is C26H27N3O. The van der Waals surface area contributed by atoms with Crippen molar-refractivity contribution >= 4 is 17.5 Å². The van der Waals surface area contributed by atoms with Crippen LogP contribution in [0.15, 0.2) is 60.7 Å². The summed E-state index contributed by atoms with van der Waals surface area (Å²) in [5.74, 6) is 0.358. The highest BCUT2D eigenvalue weighted by Gasteiger charge is 2.38. The van der Waals surface area contributed by atoms with Crippen LogP contribution >= 0.6 is 0 Å². The molecule has 1 unspecified atom stereocenters. The van der Waals surface area contributed by atoms with E-state index in [-0.39, 0.29) is 17.1 Å². The number of carbonyl (C=O) groups excluding carboxylic acids is 1. The molecule has 4 heteroatoms. The van der Waals surface area contributed by atoms with E-state index < -0.39 is 0 Å². The number of anilines is 1. The van der Waals surface area contributed by atoms with Gasteiger partial charge in [0.15, 0.2) is 5.78 Å². The first kappa shape index (κ1) is 18.9. The highest BCUT2D eigenvalue weighted by atomic mass is 16.1. The van der Waals surface area contributed by atoms with Gasteiger partial charge in [0, 0.05) is 48.8 Å². The van der Waals surface area contributed by atoms with E-state index in [2.05, 4.69) is 95.9 Å². The van der Waals surface area contributed by atoms with E-state index in [1.54, 1.807) is 0 Å². The Kier molecular flexibility index (Phi) is 4.58. The minimum absolute atomic E-state index is 0.158. The molecule has 1 aromatic heterocycles. The van der Waals surface area contributed by atoms with Gasteiger partial charge >= 0.3 is 0 Å². The van der Waals surface area contributed by atoms with Crippen molar-refractivity contribution in [1.82, 2.24) is 10.2 Å². The minimum atomic E-state index is -0.289. The van der Waals surface area contributed by atoms with E-state index in [1.165, 1.54) is 16.8 Å². The van der Waals surface area contributed by atoms with Crippen molar-refractivity contribution in [1.29, 1.82) is 0 Å². The molecule has 152 valence electrons. The first-order chi connectivity index (χ1) is 14.6. The lowest BCUT2D eigenvalue weighted by Crippen LogP contribution is -2.31. The first-order valence-electron chi connectivity index (χ1n) is 10.7. The molecule has 2 aliphatic rings. The standard InChI is InChI=1S/C26H27N3O/c1-29(2)21-13-11-20(12-14-21)26(19-9-4-3-5-10-19)16-15-22-23(17-26)27-28-24(22)25(30)18-7-6-8-18/h3-5,9-16,18H,6-8,17H2,1-2H3,(H,27,28). The maximum atomic E-state index is 12.8. The van der Waals surface area contributed by atoms with Crippen LogP contribution in [0.3, 0.4) is 0 Å². The lowest BCUT2D eigenvalue weighted by molar-refractivity contribution is 0.0849. The molecule has 0 saturated heterocycles. The number of hydrogen-bond acceptors (Lipinski definition) is 3. The Hall–Kier alpha value is -3.14. The zero-order valence-corrected chi connectivity index (χ0v) is 17.6. The SMILES string of the molecule is CN(C)c1ccc(C2(c3ccccc3)C=Cc3c(C(=O)C4CCC4)n[nH]c3C2)cc1. The number of H-pyrrole nitrogens is 1. The number of benzene rings is 2. The molecule has 30 heavy (non-hydrogen) atoms. The molecule has 5 rings (SSSR count). The van der Waals surface area contributed by atoms with Crippen LogP contribution in [0.5, 0.6) is 0 Å². The summed E-state index contributed by atoms with van der Waals surface area (Å²) in [5.41, 5.74) is 6.01. The predicted molar refractivity (Wildman–Crippen MR) is 121 cm³/mol. The average molecular weight is 398 g/mol. The number of aromatic nitrogens is 2. The molecular weight excluding hydrogens is 370 g/mol. The number of fused-ring (bicyclic) bond motifs is 1. The fraction of sp³-hybridized carbons (Fsp3) is 0.308. The van der Waals surface area contributed by atoms with Crippen molar-refractivity contribution in [3.63, 3.8) is 0 Å². The highest BCUT2D eigenvalue weighted by Crippen LogP contribution is 2.42. The van der Waals surface area contributed by atoms with Crippen LogP contribution in [0.2, 0.25) is 0 Å². The molecule has 0 aliphatic heterocycles. The number of aromatic amines is 1. The lowest BCUT2D eigenvalue weighted by Gasteiger charge is -2.35. The van der Waals surface area contributed by atoms with Gasteiger partial charge in [0.1, 0.15) is 5.69 Å². The van der Waals surface area contributed by atoms with Gasteiger partial charge in [0.2, 0.25) is 0 Å². The van der Waals surface area contributed by atoms with Gasteiger partial charge in [-0.3, -0.25) is 9.89 Å². The van der Waals surface area contributed by atoms with Crippen LogP contribution in [0, 0.1) is 5.92 Å². The summed E-state index contributed by atoms with van der Waals surface area (Å²) in [5, 5.41) is 7.66. The smallest absolute Gasteiger partial charge is 0.186 e. The molecule has 2 aromatic carbocycles. The minimum Gasteiger partial charge on any atom is -0.378 e. The van der Waals surface area contributed by atoms with Gasteiger partial charge in [-0.2, -0.15) is 5.10 Å². The summed E-state index contributed by atoms with van der Waals surface area (Å²) in [6.07, 6.45) is 8.28. The van der Waals surface area contributed by atoms with Gasteiger partial charge in [-0.1, -0.05) is 61.0 Å². The van der Waals surface area contributed by atoms with Crippen molar-refractivity contribution in [2.24, 2.45) is 5.92 Å². The number of nitrogens with zero attached hydrogens (tertiary/aromatic N) is 2. The second-order valence-electron chi connectivity index (χ2n) is 8.75. The molecule has 1 atom stereocenters. The molecule has 0 bridgehead atoms. The Balaban J connectivity index is 1.58. The number of Topliss-reactive ketones (excluding diaryl/α,β-unsaturated/α-hetero) is 1. The third-order valence-corrected chi connectivity index (χ3v) is 6.77. The average Bonchev–Trinajstić information content (AvgIpc) is 3.16. The maximum Gasteiger partial charge on any atom is 0.186 e. The molecule has 1 fully saturated rings. The van der Waals surface area contributed by atoms with Crippen molar-refractivity contribution < 1.29 is 4.79 Å². The zero-order valence-electron chi connectivity index (χ0n) is 17.6. The number of allylic oxidation sites excluding steroid dienone is 1. The molecule has 1 N–H and O–H groups in total. The number of carbonyl (C=O) groups is 1. The summed E-state index contributed by atoms with van der Waals surface area (Å²) in [6, 6.07) is 19.4. The van der Waals surface area contributed by atoms with Gasteiger partial charge in [0.25, 0.3) is 0 Å². The van der Waals surface area contributed by atoms with Crippen LogP contribution in [-0.4, -0.2) is 30.1 Å². The molecule has 0 amide bonds. The highest BCUT2D eigenvalue weighted by molar-refractivity contribution is 6.00. The topological polar surface area (TPSA) is 49.0 Å². The van der Waals surface area contributed by atoms with Crippen LogP contribution in [0.4, 0.5) is 5.69 Å². The largest absolute Gasteiger partial charge is 0.378 e. The molecule has 0 radical (unpaired) electrons. The Morgan fingerprint density at radius 2 is 1.73 bits per heavy atom. The van der Waals surface area contributed by atoms with Crippen molar-refractivity contribution in [2.75, 3.05) is 19.0 Å². The van der Waals surface area contributed by atoms with Gasteiger partial charge in [-0.05, 0) is 36.1 Å². The Bertz CT molecular complexity index is 1090. The molecule has 4 nitrogen and oxygen atoms in total.